The first-order valence-electron chi connectivity index (χ1n) is 6.34. The van der Waals surface area contributed by atoms with Gasteiger partial charge in [-0.25, -0.2) is 9.97 Å². The van der Waals surface area contributed by atoms with Crippen molar-refractivity contribution in [2.45, 2.75) is 12.6 Å². The fraction of sp³-hybridized carbons (Fsp3) is 0.286. The second-order valence-corrected chi connectivity index (χ2v) is 4.28. The zero-order valence-corrected chi connectivity index (χ0v) is 11.1. The summed E-state index contributed by atoms with van der Waals surface area (Å²) in [5.74, 6) is 0.408. The van der Waals surface area contributed by atoms with Crippen molar-refractivity contribution in [1.82, 2.24) is 9.97 Å². The monoisotopic (exact) mass is 297 g/mol. The Labute approximate surface area is 119 Å². The first-order chi connectivity index (χ1) is 10.0. The molecule has 1 aromatic heterocycles. The molecule has 0 spiro atoms. The topological polar surface area (TPSA) is 61.0 Å². The summed E-state index contributed by atoms with van der Waals surface area (Å²) in [4.78, 5) is 7.87. The van der Waals surface area contributed by atoms with Gasteiger partial charge < -0.3 is 10.5 Å². The Morgan fingerprint density at radius 2 is 1.76 bits per heavy atom. The third-order valence-electron chi connectivity index (χ3n) is 2.72. The number of halogens is 3. The maximum Gasteiger partial charge on any atom is 0.417 e. The average molecular weight is 297 g/mol. The molecular formula is C14H14F3N3O. The smallest absolute Gasteiger partial charge is 0.417 e. The first kappa shape index (κ1) is 15.2. The average Bonchev–Trinajstić information content (AvgIpc) is 2.47. The molecule has 0 saturated heterocycles. The van der Waals surface area contributed by atoms with Gasteiger partial charge in [0, 0.05) is 5.56 Å². The van der Waals surface area contributed by atoms with Gasteiger partial charge in [0.1, 0.15) is 0 Å². The molecule has 2 N–H and O–H groups in total. The van der Waals surface area contributed by atoms with Gasteiger partial charge in [-0.05, 0) is 19.0 Å². The van der Waals surface area contributed by atoms with E-state index in [9.17, 15) is 13.2 Å². The Hall–Kier alpha value is -2.15. The molecule has 112 valence electrons. The fourth-order valence-electron chi connectivity index (χ4n) is 1.73. The molecule has 0 saturated carbocycles. The minimum absolute atomic E-state index is 0.00843. The van der Waals surface area contributed by atoms with Crippen molar-refractivity contribution in [2.24, 2.45) is 5.73 Å². The van der Waals surface area contributed by atoms with Crippen LogP contribution >= 0.6 is 0 Å². The standard InChI is InChI=1S/C14H14F3N3O/c15-14(16,17)12-5-2-1-4-11(12)13-19-8-10(9-20-13)21-7-3-6-18/h1-2,4-5,8-9H,3,6-7,18H2. The number of nitrogens with two attached hydrogens (primary N) is 1. The Morgan fingerprint density at radius 3 is 2.38 bits per heavy atom. The lowest BCUT2D eigenvalue weighted by Gasteiger charge is -2.11. The zero-order valence-electron chi connectivity index (χ0n) is 11.1. The summed E-state index contributed by atoms with van der Waals surface area (Å²) in [7, 11) is 0. The van der Waals surface area contributed by atoms with Gasteiger partial charge in [-0.1, -0.05) is 18.2 Å². The van der Waals surface area contributed by atoms with Crippen LogP contribution in [0.25, 0.3) is 11.4 Å². The van der Waals surface area contributed by atoms with Gasteiger partial charge in [0.25, 0.3) is 0 Å². The highest BCUT2D eigenvalue weighted by atomic mass is 19.4. The van der Waals surface area contributed by atoms with Crippen molar-refractivity contribution in [3.05, 3.63) is 42.2 Å². The predicted molar refractivity (Wildman–Crippen MR) is 71.6 cm³/mol. The summed E-state index contributed by atoms with van der Waals surface area (Å²) in [6.45, 7) is 0.913. The van der Waals surface area contributed by atoms with Gasteiger partial charge >= 0.3 is 6.18 Å². The van der Waals surface area contributed by atoms with Crippen LogP contribution in [0, 0.1) is 0 Å². The van der Waals surface area contributed by atoms with E-state index in [-0.39, 0.29) is 11.4 Å². The SMILES string of the molecule is NCCCOc1cnc(-c2ccccc2C(F)(F)F)nc1. The van der Waals surface area contributed by atoms with E-state index in [0.717, 1.165) is 6.07 Å². The molecule has 2 aromatic rings. The van der Waals surface area contributed by atoms with E-state index in [0.29, 0.717) is 25.3 Å². The van der Waals surface area contributed by atoms with Gasteiger partial charge in [-0.15, -0.1) is 0 Å². The Bertz CT molecular complexity index is 585. The normalized spacial score (nSPS) is 11.4. The molecule has 0 atom stereocenters. The molecular weight excluding hydrogens is 283 g/mol. The largest absolute Gasteiger partial charge is 0.490 e. The second-order valence-electron chi connectivity index (χ2n) is 4.28. The van der Waals surface area contributed by atoms with Crippen LogP contribution in [0.5, 0.6) is 5.75 Å². The molecule has 0 unspecified atom stereocenters. The molecule has 4 nitrogen and oxygen atoms in total. The predicted octanol–water partition coefficient (Wildman–Crippen LogP) is 2.89. The lowest BCUT2D eigenvalue weighted by molar-refractivity contribution is -0.137. The molecule has 1 heterocycles. The molecule has 0 bridgehead atoms. The number of benzene rings is 1. The maximum absolute atomic E-state index is 12.9. The Morgan fingerprint density at radius 1 is 1.10 bits per heavy atom. The molecule has 0 fully saturated rings. The van der Waals surface area contributed by atoms with Gasteiger partial charge in [-0.3, -0.25) is 0 Å². The summed E-state index contributed by atoms with van der Waals surface area (Å²) in [6.07, 6.45) is -1.06. The molecule has 7 heteroatoms. The quantitative estimate of drug-likeness (QED) is 0.862. The van der Waals surface area contributed by atoms with E-state index in [1.807, 2.05) is 0 Å². The minimum Gasteiger partial charge on any atom is -0.490 e. The first-order valence-corrected chi connectivity index (χ1v) is 6.34. The van der Waals surface area contributed by atoms with Gasteiger partial charge in [0.15, 0.2) is 11.6 Å². The molecule has 0 aliphatic carbocycles. The summed E-state index contributed by atoms with van der Waals surface area (Å²) >= 11 is 0. The molecule has 1 aromatic carbocycles. The summed E-state index contributed by atoms with van der Waals surface area (Å²) in [5.41, 5.74) is 4.51. The third-order valence-corrected chi connectivity index (χ3v) is 2.72. The second kappa shape index (κ2) is 6.53. The van der Waals surface area contributed by atoms with Crippen molar-refractivity contribution >= 4 is 0 Å². The van der Waals surface area contributed by atoms with Crippen LogP contribution in [0.15, 0.2) is 36.7 Å². The van der Waals surface area contributed by atoms with E-state index >= 15 is 0 Å². The van der Waals surface area contributed by atoms with Crippen LogP contribution < -0.4 is 10.5 Å². The fourth-order valence-corrected chi connectivity index (χ4v) is 1.73. The van der Waals surface area contributed by atoms with Crippen molar-refractivity contribution in [2.75, 3.05) is 13.2 Å². The molecule has 0 radical (unpaired) electrons. The summed E-state index contributed by atoms with van der Waals surface area (Å²) < 4.78 is 44.1. The van der Waals surface area contributed by atoms with Crippen LogP contribution in [0.4, 0.5) is 13.2 Å². The number of hydrogen-bond donors (Lipinski definition) is 1. The molecule has 0 amide bonds. The van der Waals surface area contributed by atoms with Crippen molar-refractivity contribution < 1.29 is 17.9 Å². The number of aromatic nitrogens is 2. The lowest BCUT2D eigenvalue weighted by atomic mass is 10.1. The zero-order chi connectivity index (χ0) is 15.3. The number of ether oxygens (including phenoxy) is 1. The molecule has 0 aliphatic heterocycles. The molecule has 0 aliphatic rings. The third kappa shape index (κ3) is 3.91. The van der Waals surface area contributed by atoms with E-state index in [4.69, 9.17) is 10.5 Å². The number of rotatable bonds is 5. The van der Waals surface area contributed by atoms with E-state index < -0.39 is 11.7 Å². The van der Waals surface area contributed by atoms with E-state index in [2.05, 4.69) is 9.97 Å². The van der Waals surface area contributed by atoms with Crippen molar-refractivity contribution in [3.63, 3.8) is 0 Å². The minimum atomic E-state index is -4.45. The van der Waals surface area contributed by atoms with Crippen molar-refractivity contribution in [3.8, 4) is 17.1 Å². The molecule has 2 rings (SSSR count). The van der Waals surface area contributed by atoms with E-state index in [1.54, 1.807) is 0 Å². The maximum atomic E-state index is 12.9. The van der Waals surface area contributed by atoms with Crippen LogP contribution in [0.1, 0.15) is 12.0 Å². The van der Waals surface area contributed by atoms with Crippen LogP contribution in [-0.2, 0) is 6.18 Å². The highest BCUT2D eigenvalue weighted by Crippen LogP contribution is 2.35. The van der Waals surface area contributed by atoms with E-state index in [1.165, 1.54) is 30.6 Å². The number of nitrogens with zero attached hydrogens (tertiary/aromatic N) is 2. The Kier molecular flexibility index (Phi) is 4.74. The summed E-state index contributed by atoms with van der Waals surface area (Å²) in [5, 5.41) is 0. The number of alkyl halides is 3. The number of hydrogen-bond acceptors (Lipinski definition) is 4. The Balaban J connectivity index is 2.23. The highest BCUT2D eigenvalue weighted by molar-refractivity contribution is 5.61. The highest BCUT2D eigenvalue weighted by Gasteiger charge is 2.33. The van der Waals surface area contributed by atoms with Gasteiger partial charge in [-0.2, -0.15) is 13.2 Å². The molecule has 21 heavy (non-hydrogen) atoms. The lowest BCUT2D eigenvalue weighted by Crippen LogP contribution is -2.08. The van der Waals surface area contributed by atoms with Gasteiger partial charge in [0.2, 0.25) is 0 Å². The van der Waals surface area contributed by atoms with Crippen LogP contribution in [-0.4, -0.2) is 23.1 Å². The van der Waals surface area contributed by atoms with Crippen LogP contribution in [0.2, 0.25) is 0 Å². The van der Waals surface area contributed by atoms with Gasteiger partial charge in [0.05, 0.1) is 24.6 Å². The van der Waals surface area contributed by atoms with Crippen molar-refractivity contribution in [1.29, 1.82) is 0 Å². The van der Waals surface area contributed by atoms with Crippen LogP contribution in [0.3, 0.4) is 0 Å². The summed E-state index contributed by atoms with van der Waals surface area (Å²) in [6, 6.07) is 5.19.